The Morgan fingerprint density at radius 2 is 2.12 bits per heavy atom. The lowest BCUT2D eigenvalue weighted by Gasteiger charge is -2.27. The van der Waals surface area contributed by atoms with Crippen molar-refractivity contribution in [2.24, 2.45) is 11.8 Å². The first-order valence-electron chi connectivity index (χ1n) is 5.87. The lowest BCUT2D eigenvalue weighted by molar-refractivity contribution is -0.126. The highest BCUT2D eigenvalue weighted by molar-refractivity contribution is 5.77. The number of pyridine rings is 1. The third-order valence-corrected chi connectivity index (χ3v) is 3.11. The van der Waals surface area contributed by atoms with Crippen molar-refractivity contribution in [3.63, 3.8) is 0 Å². The number of nitrogens with zero attached hydrogens (tertiary/aromatic N) is 1. The minimum atomic E-state index is -0.0683. The van der Waals surface area contributed by atoms with Crippen LogP contribution >= 0.6 is 0 Å². The van der Waals surface area contributed by atoms with Gasteiger partial charge in [-0.15, -0.1) is 0 Å². The second-order valence-corrected chi connectivity index (χ2v) is 4.27. The van der Waals surface area contributed by atoms with E-state index >= 15 is 0 Å². The van der Waals surface area contributed by atoms with E-state index in [1.807, 2.05) is 18.2 Å². The molecule has 5 heteroatoms. The Labute approximate surface area is 100 Å². The monoisotopic (exact) mass is 235 g/mol. The fourth-order valence-electron chi connectivity index (χ4n) is 2.15. The van der Waals surface area contributed by atoms with Crippen molar-refractivity contribution in [1.82, 2.24) is 10.4 Å². The molecule has 0 spiro atoms. The predicted molar refractivity (Wildman–Crippen MR) is 62.9 cm³/mol. The van der Waals surface area contributed by atoms with Crippen molar-refractivity contribution >= 4 is 5.91 Å². The number of hydrogen-bond donors (Lipinski definition) is 2. The number of ether oxygens (including phenoxy) is 1. The molecular formula is C12H17N3O2. The van der Waals surface area contributed by atoms with Crippen LogP contribution in [0.2, 0.25) is 0 Å². The van der Waals surface area contributed by atoms with Crippen LogP contribution in [-0.4, -0.2) is 17.0 Å². The summed E-state index contributed by atoms with van der Waals surface area (Å²) in [6.45, 7) is 0. The zero-order valence-electron chi connectivity index (χ0n) is 9.63. The molecule has 1 aliphatic carbocycles. The highest BCUT2D eigenvalue weighted by Gasteiger charge is 2.26. The topological polar surface area (TPSA) is 77.2 Å². The van der Waals surface area contributed by atoms with Gasteiger partial charge in [0.1, 0.15) is 6.10 Å². The molecule has 3 N–H and O–H groups in total. The van der Waals surface area contributed by atoms with Crippen LogP contribution in [0.4, 0.5) is 0 Å². The molecule has 1 heterocycles. The molecule has 2 rings (SSSR count). The lowest BCUT2D eigenvalue weighted by atomic mass is 9.87. The quantitative estimate of drug-likeness (QED) is 0.465. The number of hydrazine groups is 1. The second kappa shape index (κ2) is 5.63. The smallest absolute Gasteiger partial charge is 0.236 e. The molecule has 1 amide bonds. The van der Waals surface area contributed by atoms with Gasteiger partial charge < -0.3 is 4.74 Å². The van der Waals surface area contributed by atoms with Crippen molar-refractivity contribution in [1.29, 1.82) is 0 Å². The Hall–Kier alpha value is -1.62. The van der Waals surface area contributed by atoms with Gasteiger partial charge in [0.15, 0.2) is 0 Å². The maximum atomic E-state index is 11.3. The first-order valence-corrected chi connectivity index (χ1v) is 5.87. The zero-order chi connectivity index (χ0) is 12.1. The molecule has 0 aliphatic heterocycles. The molecule has 92 valence electrons. The van der Waals surface area contributed by atoms with E-state index < -0.39 is 0 Å². The van der Waals surface area contributed by atoms with Crippen molar-refractivity contribution in [3.05, 3.63) is 24.4 Å². The number of hydrogen-bond acceptors (Lipinski definition) is 4. The number of aromatic nitrogens is 1. The van der Waals surface area contributed by atoms with E-state index in [-0.39, 0.29) is 17.9 Å². The first-order chi connectivity index (χ1) is 8.29. The average Bonchev–Trinajstić information content (AvgIpc) is 2.40. The summed E-state index contributed by atoms with van der Waals surface area (Å²) in [7, 11) is 0. The maximum absolute atomic E-state index is 11.3. The number of carbonyl (C=O) groups is 1. The summed E-state index contributed by atoms with van der Waals surface area (Å²) in [5.74, 6) is 5.74. The summed E-state index contributed by atoms with van der Waals surface area (Å²) >= 11 is 0. The normalized spacial score (nSPS) is 24.1. The van der Waals surface area contributed by atoms with Gasteiger partial charge in [-0.25, -0.2) is 10.8 Å². The summed E-state index contributed by atoms with van der Waals surface area (Å²) < 4.78 is 5.74. The van der Waals surface area contributed by atoms with Crippen molar-refractivity contribution in [3.8, 4) is 5.88 Å². The highest BCUT2D eigenvalue weighted by atomic mass is 16.5. The molecule has 1 aliphatic rings. The lowest BCUT2D eigenvalue weighted by Crippen LogP contribution is -2.38. The zero-order valence-corrected chi connectivity index (χ0v) is 9.63. The molecule has 1 saturated carbocycles. The van der Waals surface area contributed by atoms with E-state index in [0.29, 0.717) is 5.88 Å². The molecule has 0 aromatic carbocycles. The van der Waals surface area contributed by atoms with Crippen molar-refractivity contribution < 1.29 is 9.53 Å². The number of amides is 1. The van der Waals surface area contributed by atoms with Crippen LogP contribution in [0, 0.1) is 5.92 Å². The molecule has 0 radical (unpaired) electrons. The van der Waals surface area contributed by atoms with E-state index in [1.165, 1.54) is 0 Å². The van der Waals surface area contributed by atoms with Crippen molar-refractivity contribution in [2.75, 3.05) is 0 Å². The Morgan fingerprint density at radius 1 is 1.35 bits per heavy atom. The minimum absolute atomic E-state index is 0.0311. The molecule has 0 atom stereocenters. The van der Waals surface area contributed by atoms with Gasteiger partial charge in [0, 0.05) is 18.2 Å². The van der Waals surface area contributed by atoms with Crippen LogP contribution in [0.1, 0.15) is 25.7 Å². The molecule has 17 heavy (non-hydrogen) atoms. The molecule has 0 bridgehead atoms. The van der Waals surface area contributed by atoms with Gasteiger partial charge in [0.25, 0.3) is 0 Å². The summed E-state index contributed by atoms with van der Waals surface area (Å²) in [6, 6.07) is 5.60. The summed E-state index contributed by atoms with van der Waals surface area (Å²) in [4.78, 5) is 15.5. The Balaban J connectivity index is 1.82. The molecule has 1 aromatic rings. The van der Waals surface area contributed by atoms with Gasteiger partial charge >= 0.3 is 0 Å². The van der Waals surface area contributed by atoms with Gasteiger partial charge in [0.2, 0.25) is 11.8 Å². The van der Waals surface area contributed by atoms with Crippen LogP contribution in [0.3, 0.4) is 0 Å². The van der Waals surface area contributed by atoms with Gasteiger partial charge in [-0.3, -0.25) is 10.2 Å². The van der Waals surface area contributed by atoms with Gasteiger partial charge in [-0.2, -0.15) is 0 Å². The van der Waals surface area contributed by atoms with Crippen LogP contribution < -0.4 is 16.0 Å². The summed E-state index contributed by atoms with van der Waals surface area (Å²) in [5, 5.41) is 0. The molecule has 5 nitrogen and oxygen atoms in total. The second-order valence-electron chi connectivity index (χ2n) is 4.27. The van der Waals surface area contributed by atoms with E-state index in [4.69, 9.17) is 10.6 Å². The van der Waals surface area contributed by atoms with Crippen molar-refractivity contribution in [2.45, 2.75) is 31.8 Å². The third-order valence-electron chi connectivity index (χ3n) is 3.11. The molecule has 1 aromatic heterocycles. The molecule has 0 unspecified atom stereocenters. The third kappa shape index (κ3) is 3.17. The number of nitrogens with two attached hydrogens (primary N) is 1. The Morgan fingerprint density at radius 3 is 2.71 bits per heavy atom. The van der Waals surface area contributed by atoms with Crippen LogP contribution in [0.25, 0.3) is 0 Å². The minimum Gasteiger partial charge on any atom is -0.474 e. The molecular weight excluding hydrogens is 218 g/mol. The van der Waals surface area contributed by atoms with E-state index in [9.17, 15) is 4.79 Å². The fourth-order valence-corrected chi connectivity index (χ4v) is 2.15. The number of nitrogens with one attached hydrogen (secondary N) is 1. The van der Waals surface area contributed by atoms with Crippen LogP contribution in [0.5, 0.6) is 5.88 Å². The van der Waals surface area contributed by atoms with Gasteiger partial charge in [0.05, 0.1) is 0 Å². The largest absolute Gasteiger partial charge is 0.474 e. The van der Waals surface area contributed by atoms with E-state index in [1.54, 1.807) is 6.20 Å². The highest BCUT2D eigenvalue weighted by Crippen LogP contribution is 2.26. The first kappa shape index (κ1) is 11.9. The maximum Gasteiger partial charge on any atom is 0.236 e. The average molecular weight is 235 g/mol. The van der Waals surface area contributed by atoms with Crippen LogP contribution in [0.15, 0.2) is 24.4 Å². The number of rotatable bonds is 3. The van der Waals surface area contributed by atoms with Gasteiger partial charge in [-0.05, 0) is 31.7 Å². The molecule has 0 saturated heterocycles. The van der Waals surface area contributed by atoms with Gasteiger partial charge in [-0.1, -0.05) is 6.07 Å². The Bertz CT molecular complexity index is 361. The van der Waals surface area contributed by atoms with E-state index in [0.717, 1.165) is 25.7 Å². The standard InChI is InChI=1S/C12H17N3O2/c13-15-12(16)9-4-6-10(7-5-9)17-11-3-1-2-8-14-11/h1-3,8-10H,4-7,13H2,(H,15,16). The Kier molecular flexibility index (Phi) is 3.93. The predicted octanol–water partition coefficient (Wildman–Crippen LogP) is 1.01. The number of carbonyl (C=O) groups excluding carboxylic acids is 1. The SMILES string of the molecule is NNC(=O)C1CCC(Oc2ccccn2)CC1. The van der Waals surface area contributed by atoms with E-state index in [2.05, 4.69) is 10.4 Å². The van der Waals surface area contributed by atoms with Crippen LogP contribution in [-0.2, 0) is 4.79 Å². The molecule has 1 fully saturated rings. The summed E-state index contributed by atoms with van der Waals surface area (Å²) in [5.41, 5.74) is 2.21. The summed E-state index contributed by atoms with van der Waals surface area (Å²) in [6.07, 6.45) is 5.25. The fraction of sp³-hybridized carbons (Fsp3) is 0.500.